The summed E-state index contributed by atoms with van der Waals surface area (Å²) in [5, 5.41) is 6.50. The van der Waals surface area contributed by atoms with E-state index in [2.05, 4.69) is 10.6 Å². The summed E-state index contributed by atoms with van der Waals surface area (Å²) in [5.41, 5.74) is 1.72. The van der Waals surface area contributed by atoms with Crippen LogP contribution in [0, 0.1) is 0 Å². The Labute approximate surface area is 160 Å². The van der Waals surface area contributed by atoms with E-state index in [9.17, 15) is 9.59 Å². The van der Waals surface area contributed by atoms with Gasteiger partial charge in [0, 0.05) is 26.2 Å². The standard InChI is InChI=1S/C17H16Cl3N3O2/c1-10(24)21-12-6-7-15(14(19)8-12)22-17(25)23(2)9-11-4-3-5-13(18)16(11)20/h3-8H,9H2,1-2H3,(H,21,24)(H,22,25). The summed E-state index contributed by atoms with van der Waals surface area (Å²) in [6.45, 7) is 1.69. The fourth-order valence-electron chi connectivity index (χ4n) is 2.11. The van der Waals surface area contributed by atoms with Crippen LogP contribution in [0.5, 0.6) is 0 Å². The Bertz CT molecular complexity index is 812. The largest absolute Gasteiger partial charge is 0.326 e. The van der Waals surface area contributed by atoms with E-state index in [4.69, 9.17) is 34.8 Å². The van der Waals surface area contributed by atoms with Gasteiger partial charge in [0.25, 0.3) is 0 Å². The van der Waals surface area contributed by atoms with Crippen LogP contribution in [0.2, 0.25) is 15.1 Å². The van der Waals surface area contributed by atoms with Gasteiger partial charge >= 0.3 is 6.03 Å². The zero-order chi connectivity index (χ0) is 18.6. The molecular formula is C17H16Cl3N3O2. The van der Waals surface area contributed by atoms with Gasteiger partial charge < -0.3 is 15.5 Å². The van der Waals surface area contributed by atoms with E-state index >= 15 is 0 Å². The molecule has 0 atom stereocenters. The number of anilines is 2. The summed E-state index contributed by atoms with van der Waals surface area (Å²) in [6, 6.07) is 9.73. The van der Waals surface area contributed by atoms with Crippen molar-refractivity contribution in [3.05, 3.63) is 57.0 Å². The zero-order valence-electron chi connectivity index (χ0n) is 13.6. The van der Waals surface area contributed by atoms with Crippen molar-refractivity contribution >= 4 is 58.1 Å². The van der Waals surface area contributed by atoms with Crippen molar-refractivity contribution in [3.8, 4) is 0 Å². The third kappa shape index (κ3) is 5.26. The van der Waals surface area contributed by atoms with Crippen molar-refractivity contribution in [2.24, 2.45) is 0 Å². The number of rotatable bonds is 4. The fraction of sp³-hybridized carbons (Fsp3) is 0.176. The molecule has 2 N–H and O–H groups in total. The van der Waals surface area contributed by atoms with E-state index in [0.717, 1.165) is 5.56 Å². The van der Waals surface area contributed by atoms with Crippen LogP contribution >= 0.6 is 34.8 Å². The summed E-state index contributed by atoms with van der Waals surface area (Å²) in [6.07, 6.45) is 0. The summed E-state index contributed by atoms with van der Waals surface area (Å²) in [4.78, 5) is 24.8. The van der Waals surface area contributed by atoms with Crippen LogP contribution in [0.4, 0.5) is 16.2 Å². The minimum atomic E-state index is -0.356. The molecule has 0 radical (unpaired) electrons. The molecule has 0 spiro atoms. The number of carbonyl (C=O) groups is 2. The second-order valence-electron chi connectivity index (χ2n) is 5.37. The highest BCUT2D eigenvalue weighted by atomic mass is 35.5. The predicted molar refractivity (Wildman–Crippen MR) is 103 cm³/mol. The van der Waals surface area contributed by atoms with Gasteiger partial charge in [0.05, 0.1) is 20.8 Å². The highest BCUT2D eigenvalue weighted by molar-refractivity contribution is 6.42. The van der Waals surface area contributed by atoms with Crippen LogP contribution in [0.1, 0.15) is 12.5 Å². The predicted octanol–water partition coefficient (Wildman–Crippen LogP) is 5.27. The Kier molecular flexibility index (Phi) is 6.53. The van der Waals surface area contributed by atoms with Crippen LogP contribution in [-0.2, 0) is 11.3 Å². The minimum Gasteiger partial charge on any atom is -0.326 e. The van der Waals surface area contributed by atoms with Crippen LogP contribution in [0.3, 0.4) is 0 Å². The average Bonchev–Trinajstić information content (AvgIpc) is 2.53. The first-order valence-electron chi connectivity index (χ1n) is 7.30. The lowest BCUT2D eigenvalue weighted by Gasteiger charge is -2.19. The first-order valence-corrected chi connectivity index (χ1v) is 8.43. The van der Waals surface area contributed by atoms with Crippen LogP contribution in [-0.4, -0.2) is 23.9 Å². The molecule has 0 aromatic heterocycles. The Morgan fingerprint density at radius 1 is 1.04 bits per heavy atom. The Morgan fingerprint density at radius 3 is 2.40 bits per heavy atom. The lowest BCUT2D eigenvalue weighted by Crippen LogP contribution is -2.31. The first kappa shape index (κ1) is 19.4. The SMILES string of the molecule is CC(=O)Nc1ccc(NC(=O)N(C)Cc2cccc(Cl)c2Cl)c(Cl)c1. The second kappa shape index (κ2) is 8.43. The van der Waals surface area contributed by atoms with E-state index in [0.29, 0.717) is 26.4 Å². The molecule has 0 fully saturated rings. The molecule has 2 aromatic rings. The maximum absolute atomic E-state index is 12.3. The first-order chi connectivity index (χ1) is 11.8. The number of halogens is 3. The van der Waals surface area contributed by atoms with Crippen molar-refractivity contribution in [1.82, 2.24) is 4.90 Å². The van der Waals surface area contributed by atoms with E-state index in [1.54, 1.807) is 43.4 Å². The van der Waals surface area contributed by atoms with Gasteiger partial charge in [-0.25, -0.2) is 4.79 Å². The van der Waals surface area contributed by atoms with Gasteiger partial charge in [0.15, 0.2) is 0 Å². The number of hydrogen-bond donors (Lipinski definition) is 2. The Morgan fingerprint density at radius 2 is 1.76 bits per heavy atom. The molecule has 0 bridgehead atoms. The summed E-state index contributed by atoms with van der Waals surface area (Å²) < 4.78 is 0. The molecule has 2 rings (SSSR count). The molecule has 0 heterocycles. The van der Waals surface area contributed by atoms with Crippen molar-refractivity contribution in [1.29, 1.82) is 0 Å². The number of nitrogens with one attached hydrogen (secondary N) is 2. The number of urea groups is 1. The van der Waals surface area contributed by atoms with Crippen LogP contribution in [0.25, 0.3) is 0 Å². The molecule has 0 unspecified atom stereocenters. The summed E-state index contributed by atoms with van der Waals surface area (Å²) in [7, 11) is 1.63. The molecule has 0 aliphatic rings. The number of hydrogen-bond acceptors (Lipinski definition) is 2. The Balaban J connectivity index is 2.06. The average molecular weight is 401 g/mol. The lowest BCUT2D eigenvalue weighted by atomic mass is 10.2. The van der Waals surface area contributed by atoms with Gasteiger partial charge in [-0.3, -0.25) is 4.79 Å². The molecule has 0 aliphatic carbocycles. The van der Waals surface area contributed by atoms with E-state index in [1.165, 1.54) is 11.8 Å². The van der Waals surface area contributed by atoms with E-state index < -0.39 is 0 Å². The number of amides is 3. The summed E-state index contributed by atoms with van der Waals surface area (Å²) in [5.74, 6) is -0.203. The maximum atomic E-state index is 12.3. The van der Waals surface area contributed by atoms with Gasteiger partial charge in [0.2, 0.25) is 5.91 Å². The zero-order valence-corrected chi connectivity index (χ0v) is 15.8. The molecule has 5 nitrogen and oxygen atoms in total. The fourth-order valence-corrected chi connectivity index (χ4v) is 2.71. The van der Waals surface area contributed by atoms with Crippen LogP contribution < -0.4 is 10.6 Å². The number of carbonyl (C=O) groups excluding carboxylic acids is 2. The smallest absolute Gasteiger partial charge is 0.321 e. The topological polar surface area (TPSA) is 61.4 Å². The van der Waals surface area contributed by atoms with Crippen molar-refractivity contribution in [3.63, 3.8) is 0 Å². The molecule has 25 heavy (non-hydrogen) atoms. The molecule has 3 amide bonds. The molecular weight excluding hydrogens is 385 g/mol. The van der Waals surface area contributed by atoms with Crippen molar-refractivity contribution in [2.75, 3.05) is 17.7 Å². The van der Waals surface area contributed by atoms with Crippen LogP contribution in [0.15, 0.2) is 36.4 Å². The van der Waals surface area contributed by atoms with Gasteiger partial charge in [-0.15, -0.1) is 0 Å². The van der Waals surface area contributed by atoms with Gasteiger partial charge in [-0.05, 0) is 29.8 Å². The molecule has 8 heteroatoms. The normalized spacial score (nSPS) is 10.3. The highest BCUT2D eigenvalue weighted by Crippen LogP contribution is 2.28. The number of nitrogens with zero attached hydrogens (tertiary/aromatic N) is 1. The summed E-state index contributed by atoms with van der Waals surface area (Å²) >= 11 is 18.3. The monoisotopic (exact) mass is 399 g/mol. The molecule has 0 saturated heterocycles. The van der Waals surface area contributed by atoms with Crippen molar-refractivity contribution < 1.29 is 9.59 Å². The van der Waals surface area contributed by atoms with Crippen molar-refractivity contribution in [2.45, 2.75) is 13.5 Å². The minimum absolute atomic E-state index is 0.203. The maximum Gasteiger partial charge on any atom is 0.321 e. The van der Waals surface area contributed by atoms with E-state index in [1.807, 2.05) is 0 Å². The second-order valence-corrected chi connectivity index (χ2v) is 6.57. The highest BCUT2D eigenvalue weighted by Gasteiger charge is 2.14. The van der Waals surface area contributed by atoms with Gasteiger partial charge in [-0.1, -0.05) is 46.9 Å². The lowest BCUT2D eigenvalue weighted by molar-refractivity contribution is -0.114. The third-order valence-electron chi connectivity index (χ3n) is 3.32. The van der Waals surface area contributed by atoms with E-state index in [-0.39, 0.29) is 18.5 Å². The quantitative estimate of drug-likeness (QED) is 0.734. The number of benzene rings is 2. The van der Waals surface area contributed by atoms with Gasteiger partial charge in [-0.2, -0.15) is 0 Å². The third-order valence-corrected chi connectivity index (χ3v) is 4.49. The molecule has 0 aliphatic heterocycles. The molecule has 132 valence electrons. The van der Waals surface area contributed by atoms with Gasteiger partial charge in [0.1, 0.15) is 0 Å². The molecule has 2 aromatic carbocycles. The molecule has 0 saturated carbocycles. The Hall–Kier alpha value is -1.95.